The van der Waals surface area contributed by atoms with Gasteiger partial charge < -0.3 is 44.8 Å². The molecule has 9 atom stereocenters. The molecule has 7 N–H and O–H groups in total. The summed E-state index contributed by atoms with van der Waals surface area (Å²) in [5.74, 6) is 0. The second-order valence-corrected chi connectivity index (χ2v) is 6.59. The van der Waals surface area contributed by atoms with Crippen LogP contribution in [-0.4, -0.2) is 102 Å². The summed E-state index contributed by atoms with van der Waals surface area (Å²) in [6.45, 7) is -1.06. The van der Waals surface area contributed by atoms with Crippen LogP contribution in [0.1, 0.15) is 6.23 Å². The molecule has 2 aliphatic rings. The molecular weight excluding hydrogens is 384 g/mol. The third-order valence-electron chi connectivity index (χ3n) is 4.74. The first-order chi connectivity index (χ1) is 13.2. The fraction of sp³-hybridized carbons (Fsp3) is 0.733. The van der Waals surface area contributed by atoms with Crippen molar-refractivity contribution < 1.29 is 44.8 Å². The molecule has 13 heteroatoms. The topological polar surface area (TPSA) is 204 Å². The van der Waals surface area contributed by atoms with Crippen molar-refractivity contribution in [1.82, 2.24) is 9.55 Å². The molecule has 28 heavy (non-hydrogen) atoms. The predicted octanol–water partition coefficient (Wildman–Crippen LogP) is -5.03. The Kier molecular flexibility index (Phi) is 6.28. The van der Waals surface area contributed by atoms with Gasteiger partial charge in [-0.1, -0.05) is 0 Å². The molecule has 3 heterocycles. The molecule has 1 aromatic rings. The first-order valence-electron chi connectivity index (χ1n) is 8.49. The van der Waals surface area contributed by atoms with E-state index >= 15 is 0 Å². The molecule has 0 bridgehead atoms. The number of aliphatic hydroxyl groups excluding tert-OH is 6. The molecule has 0 saturated carbocycles. The lowest BCUT2D eigenvalue weighted by atomic mass is 9.99. The number of H-pyrrole nitrogens is 1. The highest BCUT2D eigenvalue weighted by Crippen LogP contribution is 2.29. The summed E-state index contributed by atoms with van der Waals surface area (Å²) in [5, 5.41) is 58.9. The van der Waals surface area contributed by atoms with Crippen LogP contribution < -0.4 is 11.2 Å². The van der Waals surface area contributed by atoms with Crippen LogP contribution in [-0.2, 0) is 14.2 Å². The highest BCUT2D eigenvalue weighted by Gasteiger charge is 2.47. The van der Waals surface area contributed by atoms with Gasteiger partial charge in [-0.05, 0) is 0 Å². The zero-order valence-corrected chi connectivity index (χ0v) is 14.4. The van der Waals surface area contributed by atoms with E-state index in [4.69, 9.17) is 19.3 Å². The number of hydrogen-bond donors (Lipinski definition) is 7. The number of rotatable bonds is 5. The minimum Gasteiger partial charge on any atom is -0.394 e. The van der Waals surface area contributed by atoms with Crippen LogP contribution in [0.25, 0.3) is 0 Å². The molecule has 0 spiro atoms. The Labute approximate surface area is 157 Å². The Hall–Kier alpha value is -1.68. The molecule has 0 radical (unpaired) electrons. The number of nitrogens with one attached hydrogen (secondary N) is 1. The average molecular weight is 406 g/mol. The first-order valence-corrected chi connectivity index (χ1v) is 8.49. The van der Waals surface area contributed by atoms with E-state index in [2.05, 4.69) is 0 Å². The normalized spacial score (nSPS) is 41.3. The van der Waals surface area contributed by atoms with E-state index in [9.17, 15) is 35.1 Å². The number of hydrogen-bond acceptors (Lipinski definition) is 11. The summed E-state index contributed by atoms with van der Waals surface area (Å²) < 4.78 is 16.8. The predicted molar refractivity (Wildman–Crippen MR) is 87.0 cm³/mol. The van der Waals surface area contributed by atoms with Gasteiger partial charge >= 0.3 is 5.69 Å². The van der Waals surface area contributed by atoms with E-state index in [-0.39, 0.29) is 0 Å². The summed E-state index contributed by atoms with van der Waals surface area (Å²) in [6.07, 6.45) is -11.8. The Morgan fingerprint density at radius 3 is 2.29 bits per heavy atom. The number of ether oxygens (including phenoxy) is 3. The second-order valence-electron chi connectivity index (χ2n) is 6.59. The van der Waals surface area contributed by atoms with Gasteiger partial charge in [0.1, 0.15) is 42.7 Å². The molecule has 0 amide bonds. The van der Waals surface area contributed by atoms with Gasteiger partial charge in [0.15, 0.2) is 12.5 Å². The van der Waals surface area contributed by atoms with Crippen LogP contribution in [0.3, 0.4) is 0 Å². The summed E-state index contributed by atoms with van der Waals surface area (Å²) in [6, 6.07) is 1.04. The molecule has 2 unspecified atom stereocenters. The van der Waals surface area contributed by atoms with Crippen LogP contribution in [0.5, 0.6) is 0 Å². The highest BCUT2D eigenvalue weighted by atomic mass is 16.7. The van der Waals surface area contributed by atoms with Gasteiger partial charge in [-0.3, -0.25) is 14.3 Å². The van der Waals surface area contributed by atoms with Gasteiger partial charge in [-0.2, -0.15) is 0 Å². The van der Waals surface area contributed by atoms with E-state index < -0.39 is 79.7 Å². The van der Waals surface area contributed by atoms with Crippen molar-refractivity contribution in [3.63, 3.8) is 0 Å². The second kappa shape index (κ2) is 8.36. The number of nitrogens with zero attached hydrogens (tertiary/aromatic N) is 1. The highest BCUT2D eigenvalue weighted by molar-refractivity contribution is 4.94. The standard InChI is InChI=1S/C15H22N2O11/c18-3-5-8(20)10(22)12(24)14(28-5)26-4-6-9(21)11(23)13(27-6)17-2-1-7(19)16-15(17)25/h1-2,5-6,8-14,18,20-24H,3-4H2,(H,16,19,25)/t5-,6+,8+,9?,10-,11?,12+,13+,14-/m1/s1. The molecular formula is C15H22N2O11. The maximum atomic E-state index is 11.8. The number of aromatic amines is 1. The maximum Gasteiger partial charge on any atom is 0.330 e. The fourth-order valence-corrected chi connectivity index (χ4v) is 3.12. The summed E-state index contributed by atoms with van der Waals surface area (Å²) in [5.41, 5.74) is -1.49. The van der Waals surface area contributed by atoms with Gasteiger partial charge in [0.25, 0.3) is 5.56 Å². The largest absolute Gasteiger partial charge is 0.394 e. The lowest BCUT2D eigenvalue weighted by molar-refractivity contribution is -0.306. The minimum absolute atomic E-state index is 0.421. The van der Waals surface area contributed by atoms with Gasteiger partial charge in [0, 0.05) is 12.3 Å². The van der Waals surface area contributed by atoms with Crippen molar-refractivity contribution in [2.45, 2.75) is 55.2 Å². The van der Waals surface area contributed by atoms with Gasteiger partial charge in [0.05, 0.1) is 13.2 Å². The number of aliphatic hydroxyl groups is 6. The third-order valence-corrected chi connectivity index (χ3v) is 4.74. The van der Waals surface area contributed by atoms with E-state index in [1.165, 1.54) is 0 Å². The van der Waals surface area contributed by atoms with Crippen molar-refractivity contribution in [2.75, 3.05) is 13.2 Å². The van der Waals surface area contributed by atoms with E-state index in [0.717, 1.165) is 16.8 Å². The van der Waals surface area contributed by atoms with Gasteiger partial charge in [-0.15, -0.1) is 0 Å². The average Bonchev–Trinajstić information content (AvgIpc) is 2.94. The monoisotopic (exact) mass is 406 g/mol. The maximum absolute atomic E-state index is 11.8. The van der Waals surface area contributed by atoms with E-state index in [1.807, 2.05) is 4.98 Å². The molecule has 2 fully saturated rings. The lowest BCUT2D eigenvalue weighted by Gasteiger charge is -2.39. The SMILES string of the molecule is O=c1ccn([C@H]2O[C@@H](CO[C@@H]3O[C@H](CO)[C@H](O)[C@@H](O)[C@@H]3O)C(O)C2O)c(=O)[nH]1. The summed E-state index contributed by atoms with van der Waals surface area (Å²) in [7, 11) is 0. The Morgan fingerprint density at radius 2 is 1.64 bits per heavy atom. The quantitative estimate of drug-likeness (QED) is 0.246. The third kappa shape index (κ3) is 3.89. The van der Waals surface area contributed by atoms with Crippen LogP contribution >= 0.6 is 0 Å². The zero-order valence-electron chi connectivity index (χ0n) is 14.4. The molecule has 158 valence electrons. The van der Waals surface area contributed by atoms with E-state index in [0.29, 0.717) is 0 Å². The molecule has 2 aliphatic heterocycles. The van der Waals surface area contributed by atoms with Gasteiger partial charge in [-0.25, -0.2) is 4.79 Å². The smallest absolute Gasteiger partial charge is 0.330 e. The molecule has 13 nitrogen and oxygen atoms in total. The van der Waals surface area contributed by atoms with E-state index in [1.54, 1.807) is 0 Å². The van der Waals surface area contributed by atoms with Crippen molar-refractivity contribution in [3.8, 4) is 0 Å². The lowest BCUT2D eigenvalue weighted by Crippen LogP contribution is -2.59. The Bertz CT molecular complexity index is 780. The molecule has 2 saturated heterocycles. The van der Waals surface area contributed by atoms with Crippen molar-refractivity contribution >= 4 is 0 Å². The van der Waals surface area contributed by atoms with Crippen LogP contribution in [0.15, 0.2) is 21.9 Å². The van der Waals surface area contributed by atoms with Crippen LogP contribution in [0.2, 0.25) is 0 Å². The van der Waals surface area contributed by atoms with Crippen LogP contribution in [0, 0.1) is 0 Å². The zero-order chi connectivity index (χ0) is 20.6. The number of aromatic nitrogens is 2. The molecule has 3 rings (SSSR count). The summed E-state index contributed by atoms with van der Waals surface area (Å²) >= 11 is 0. The van der Waals surface area contributed by atoms with Crippen molar-refractivity contribution in [1.29, 1.82) is 0 Å². The van der Waals surface area contributed by atoms with Crippen molar-refractivity contribution in [2.24, 2.45) is 0 Å². The molecule has 0 aromatic carbocycles. The van der Waals surface area contributed by atoms with Crippen LogP contribution in [0.4, 0.5) is 0 Å². The first kappa shape index (κ1) is 21.0. The van der Waals surface area contributed by atoms with Gasteiger partial charge in [0.2, 0.25) is 0 Å². The fourth-order valence-electron chi connectivity index (χ4n) is 3.12. The molecule has 0 aliphatic carbocycles. The molecule has 1 aromatic heterocycles. The minimum atomic E-state index is -1.64. The Balaban J connectivity index is 1.66. The van der Waals surface area contributed by atoms with Crippen molar-refractivity contribution in [3.05, 3.63) is 33.1 Å². The summed E-state index contributed by atoms with van der Waals surface area (Å²) in [4.78, 5) is 25.0. The Morgan fingerprint density at radius 1 is 0.964 bits per heavy atom.